The molecule has 2 aromatic carbocycles. The molecule has 0 atom stereocenters. The van der Waals surface area contributed by atoms with E-state index in [1.165, 1.54) is 11.1 Å². The number of rotatable bonds is 3. The van der Waals surface area contributed by atoms with Gasteiger partial charge in [0, 0.05) is 29.6 Å². The summed E-state index contributed by atoms with van der Waals surface area (Å²) in [4.78, 5) is 24.5. The van der Waals surface area contributed by atoms with Gasteiger partial charge < -0.3 is 4.74 Å². The Hall–Kier alpha value is -3.11. The third kappa shape index (κ3) is 5.28. The minimum atomic E-state index is -5.18. The van der Waals surface area contributed by atoms with Crippen molar-refractivity contribution in [2.45, 2.75) is 50.7 Å². The molecule has 1 aliphatic carbocycles. The SMILES string of the molecule is CC(C)c1ccc(C#Cc2ccc3c(c2)C2(CC2)CN(CC(=O)OC(=O)C(F)(F)F)C3)cc1. The Kier molecular flexibility index (Phi) is 6.06. The van der Waals surface area contributed by atoms with Gasteiger partial charge >= 0.3 is 18.1 Å². The summed E-state index contributed by atoms with van der Waals surface area (Å²) in [5.74, 6) is 3.22. The first-order valence-corrected chi connectivity index (χ1v) is 10.9. The van der Waals surface area contributed by atoms with Crippen LogP contribution in [0.5, 0.6) is 0 Å². The fraction of sp³-hybridized carbons (Fsp3) is 0.385. The molecule has 7 heteroatoms. The molecule has 0 radical (unpaired) electrons. The van der Waals surface area contributed by atoms with E-state index in [4.69, 9.17) is 0 Å². The van der Waals surface area contributed by atoms with Crippen molar-refractivity contribution in [3.63, 3.8) is 0 Å². The summed E-state index contributed by atoms with van der Waals surface area (Å²) in [5.41, 5.74) is 5.17. The van der Waals surface area contributed by atoms with Crippen molar-refractivity contribution in [1.82, 2.24) is 4.90 Å². The highest BCUT2D eigenvalue weighted by Crippen LogP contribution is 2.52. The van der Waals surface area contributed by atoms with Crippen LogP contribution in [0.4, 0.5) is 13.2 Å². The van der Waals surface area contributed by atoms with E-state index in [2.05, 4.69) is 48.6 Å². The second-order valence-electron chi connectivity index (χ2n) is 9.08. The zero-order chi connectivity index (χ0) is 23.8. The predicted octanol–water partition coefficient (Wildman–Crippen LogP) is 4.69. The number of esters is 2. The Labute approximate surface area is 190 Å². The van der Waals surface area contributed by atoms with Crippen LogP contribution in [0, 0.1) is 11.8 Å². The van der Waals surface area contributed by atoms with Gasteiger partial charge in [0.05, 0.1) is 6.54 Å². The van der Waals surface area contributed by atoms with Gasteiger partial charge in [0.1, 0.15) is 0 Å². The van der Waals surface area contributed by atoms with E-state index in [9.17, 15) is 22.8 Å². The second kappa shape index (κ2) is 8.68. The summed E-state index contributed by atoms with van der Waals surface area (Å²) in [5, 5.41) is 0. The summed E-state index contributed by atoms with van der Waals surface area (Å²) < 4.78 is 40.9. The minimum absolute atomic E-state index is 0.126. The van der Waals surface area contributed by atoms with Gasteiger partial charge in [-0.05, 0) is 59.7 Å². The average Bonchev–Trinajstić information content (AvgIpc) is 3.51. The van der Waals surface area contributed by atoms with E-state index in [1.807, 2.05) is 24.3 Å². The van der Waals surface area contributed by atoms with Crippen molar-refractivity contribution in [2.24, 2.45) is 0 Å². The summed E-state index contributed by atoms with van der Waals surface area (Å²) in [6.07, 6.45) is -3.32. The molecule has 0 aromatic heterocycles. The lowest BCUT2D eigenvalue weighted by atomic mass is 9.85. The van der Waals surface area contributed by atoms with Crippen molar-refractivity contribution < 1.29 is 27.5 Å². The monoisotopic (exact) mass is 455 g/mol. The van der Waals surface area contributed by atoms with E-state index >= 15 is 0 Å². The van der Waals surface area contributed by atoms with Gasteiger partial charge in [0.2, 0.25) is 0 Å². The number of hydrogen-bond acceptors (Lipinski definition) is 4. The molecule has 172 valence electrons. The molecule has 1 saturated carbocycles. The van der Waals surface area contributed by atoms with Crippen LogP contribution in [0.2, 0.25) is 0 Å². The first-order chi connectivity index (χ1) is 15.6. The van der Waals surface area contributed by atoms with Gasteiger partial charge in [-0.3, -0.25) is 9.69 Å². The molecule has 0 saturated heterocycles. The normalized spacial score (nSPS) is 16.7. The second-order valence-corrected chi connectivity index (χ2v) is 9.08. The molecular formula is C26H24F3NO3. The standard InChI is InChI=1S/C26H24F3NO3/c1-17(2)20-8-5-18(6-9-20)3-4-19-7-10-21-14-30(16-25(11-12-25)22(21)13-19)15-23(31)33-24(32)26(27,28)29/h5-10,13,17H,11-12,14-16H2,1-2H3. The fourth-order valence-corrected chi connectivity index (χ4v) is 4.26. The Morgan fingerprint density at radius 1 is 1.06 bits per heavy atom. The number of nitrogens with zero attached hydrogens (tertiary/aromatic N) is 1. The molecule has 0 N–H and O–H groups in total. The molecule has 2 aliphatic rings. The molecule has 1 aliphatic heterocycles. The van der Waals surface area contributed by atoms with E-state index < -0.39 is 18.1 Å². The Balaban J connectivity index is 1.46. The van der Waals surface area contributed by atoms with Crippen molar-refractivity contribution in [2.75, 3.05) is 13.1 Å². The number of carbonyl (C=O) groups is 2. The predicted molar refractivity (Wildman–Crippen MR) is 116 cm³/mol. The van der Waals surface area contributed by atoms with Gasteiger partial charge in [-0.1, -0.05) is 43.9 Å². The van der Waals surface area contributed by atoms with Crippen LogP contribution < -0.4 is 0 Å². The van der Waals surface area contributed by atoms with Crippen molar-refractivity contribution in [3.8, 4) is 11.8 Å². The van der Waals surface area contributed by atoms with Crippen LogP contribution in [-0.2, 0) is 26.3 Å². The van der Waals surface area contributed by atoms with Crippen molar-refractivity contribution >= 4 is 11.9 Å². The summed E-state index contributed by atoms with van der Waals surface area (Å²) >= 11 is 0. The Morgan fingerprint density at radius 2 is 1.70 bits per heavy atom. The van der Waals surface area contributed by atoms with E-state index in [-0.39, 0.29) is 12.0 Å². The summed E-state index contributed by atoms with van der Waals surface area (Å²) in [6.45, 7) is 4.86. The number of alkyl halides is 3. The van der Waals surface area contributed by atoms with Gasteiger partial charge in [-0.15, -0.1) is 0 Å². The molecule has 4 rings (SSSR count). The van der Waals surface area contributed by atoms with E-state index in [0.717, 1.165) is 29.5 Å². The maximum absolute atomic E-state index is 12.3. The molecule has 2 aromatic rings. The van der Waals surface area contributed by atoms with Crippen molar-refractivity contribution in [3.05, 3.63) is 70.3 Å². The molecule has 0 unspecified atom stereocenters. The zero-order valence-electron chi connectivity index (χ0n) is 18.5. The third-order valence-corrected chi connectivity index (χ3v) is 6.17. The fourth-order valence-electron chi connectivity index (χ4n) is 4.26. The van der Waals surface area contributed by atoms with Crippen LogP contribution in [0.15, 0.2) is 42.5 Å². The maximum atomic E-state index is 12.3. The number of fused-ring (bicyclic) bond motifs is 2. The lowest BCUT2D eigenvalue weighted by Crippen LogP contribution is -2.42. The maximum Gasteiger partial charge on any atom is 0.491 e. The van der Waals surface area contributed by atoms with Gasteiger partial charge in [-0.25, -0.2) is 4.79 Å². The smallest absolute Gasteiger partial charge is 0.385 e. The highest BCUT2D eigenvalue weighted by molar-refractivity contribution is 5.89. The van der Waals surface area contributed by atoms with Crippen LogP contribution in [0.1, 0.15) is 60.4 Å². The first-order valence-electron chi connectivity index (χ1n) is 10.9. The molecular weight excluding hydrogens is 431 g/mol. The van der Waals surface area contributed by atoms with Crippen LogP contribution in [-0.4, -0.2) is 36.1 Å². The number of benzene rings is 2. The Morgan fingerprint density at radius 3 is 2.30 bits per heavy atom. The molecule has 33 heavy (non-hydrogen) atoms. The molecule has 1 spiro atoms. The van der Waals surface area contributed by atoms with Gasteiger partial charge in [-0.2, -0.15) is 13.2 Å². The molecule has 1 heterocycles. The molecule has 1 fully saturated rings. The van der Waals surface area contributed by atoms with E-state index in [1.54, 1.807) is 4.90 Å². The van der Waals surface area contributed by atoms with Gasteiger partial charge in [0.25, 0.3) is 0 Å². The highest BCUT2D eigenvalue weighted by Gasteiger charge is 2.49. The van der Waals surface area contributed by atoms with Crippen molar-refractivity contribution in [1.29, 1.82) is 0 Å². The number of carbonyl (C=O) groups excluding carboxylic acids is 2. The number of hydrogen-bond donors (Lipinski definition) is 0. The summed E-state index contributed by atoms with van der Waals surface area (Å²) in [7, 11) is 0. The molecule has 4 nitrogen and oxygen atoms in total. The van der Waals surface area contributed by atoms with E-state index in [0.29, 0.717) is 19.0 Å². The third-order valence-electron chi connectivity index (χ3n) is 6.17. The lowest BCUT2D eigenvalue weighted by molar-refractivity contribution is -0.202. The molecule has 0 bridgehead atoms. The zero-order valence-corrected chi connectivity index (χ0v) is 18.5. The number of ether oxygens (including phenoxy) is 1. The van der Waals surface area contributed by atoms with Crippen LogP contribution in [0.3, 0.4) is 0 Å². The topological polar surface area (TPSA) is 46.6 Å². The highest BCUT2D eigenvalue weighted by atomic mass is 19.4. The quantitative estimate of drug-likeness (QED) is 0.383. The molecule has 0 amide bonds. The number of halogens is 3. The van der Waals surface area contributed by atoms with Crippen LogP contribution >= 0.6 is 0 Å². The van der Waals surface area contributed by atoms with Crippen LogP contribution in [0.25, 0.3) is 0 Å². The minimum Gasteiger partial charge on any atom is -0.385 e. The lowest BCUT2D eigenvalue weighted by Gasteiger charge is -2.34. The Bertz CT molecular complexity index is 1140. The average molecular weight is 455 g/mol. The first kappa shape index (κ1) is 23.1. The summed E-state index contributed by atoms with van der Waals surface area (Å²) in [6, 6.07) is 14.2. The van der Waals surface area contributed by atoms with Gasteiger partial charge in [0.15, 0.2) is 0 Å². The largest absolute Gasteiger partial charge is 0.491 e.